The van der Waals surface area contributed by atoms with Crippen LogP contribution in [0.4, 0.5) is 0 Å². The van der Waals surface area contributed by atoms with Crippen molar-refractivity contribution in [3.05, 3.63) is 229 Å². The summed E-state index contributed by atoms with van der Waals surface area (Å²) in [6, 6.07) is 74.7. The molecule has 2 nitrogen and oxygen atoms in total. The fourth-order valence-electron chi connectivity index (χ4n) is 10.6. The Bertz CT molecular complexity index is 3420. The summed E-state index contributed by atoms with van der Waals surface area (Å²) in [6.07, 6.45) is 2.21. The van der Waals surface area contributed by atoms with Gasteiger partial charge in [0.05, 0.1) is 22.0 Å². The highest BCUT2D eigenvalue weighted by molar-refractivity contribution is 6.19. The molecule has 0 saturated heterocycles. The molecule has 0 N–H and O–H groups in total. The molecule has 1 spiro atoms. The molecule has 57 heavy (non-hydrogen) atoms. The number of fused-ring (bicyclic) bond motifs is 16. The molecule has 264 valence electrons. The highest BCUT2D eigenvalue weighted by Crippen LogP contribution is 2.63. The van der Waals surface area contributed by atoms with Gasteiger partial charge in [-0.2, -0.15) is 0 Å². The van der Waals surface area contributed by atoms with Crippen molar-refractivity contribution < 1.29 is 0 Å². The van der Waals surface area contributed by atoms with E-state index in [9.17, 15) is 0 Å². The van der Waals surface area contributed by atoms with Gasteiger partial charge in [0.2, 0.25) is 0 Å². The van der Waals surface area contributed by atoms with Crippen LogP contribution in [0.15, 0.2) is 206 Å². The van der Waals surface area contributed by atoms with Crippen molar-refractivity contribution in [3.8, 4) is 44.8 Å². The summed E-state index contributed by atoms with van der Waals surface area (Å²) in [5, 5.41) is 6.28. The maximum Gasteiger partial charge on any atom is 0.0726 e. The Morgan fingerprint density at radius 1 is 0.333 bits per heavy atom. The Morgan fingerprint density at radius 3 is 1.79 bits per heavy atom. The number of hydrogen-bond acceptors (Lipinski definition) is 0. The second-order valence-corrected chi connectivity index (χ2v) is 15.7. The normalized spacial score (nSPS) is 13.4. The average molecular weight is 723 g/mol. The van der Waals surface area contributed by atoms with Gasteiger partial charge in [0.25, 0.3) is 0 Å². The molecule has 0 atom stereocenters. The summed E-state index contributed by atoms with van der Waals surface area (Å²) >= 11 is 0. The predicted octanol–water partition coefficient (Wildman–Crippen LogP) is 13.9. The molecule has 0 unspecified atom stereocenters. The summed E-state index contributed by atoms with van der Waals surface area (Å²) in [7, 11) is 0. The second-order valence-electron chi connectivity index (χ2n) is 15.7. The van der Waals surface area contributed by atoms with Crippen molar-refractivity contribution in [1.82, 2.24) is 9.13 Å². The van der Waals surface area contributed by atoms with Gasteiger partial charge in [-0.1, -0.05) is 146 Å². The molecule has 2 heterocycles. The molecule has 13 rings (SSSR count). The number of para-hydroxylation sites is 2. The van der Waals surface area contributed by atoms with Crippen molar-refractivity contribution in [1.29, 1.82) is 0 Å². The minimum absolute atomic E-state index is 0.459. The van der Waals surface area contributed by atoms with E-state index in [1.165, 1.54) is 110 Å². The van der Waals surface area contributed by atoms with Gasteiger partial charge in [-0.3, -0.25) is 0 Å². The molecule has 2 aliphatic carbocycles. The molecule has 0 saturated carbocycles. The molecule has 2 heteroatoms. The van der Waals surface area contributed by atoms with E-state index >= 15 is 0 Å². The van der Waals surface area contributed by atoms with Crippen molar-refractivity contribution in [2.75, 3.05) is 0 Å². The van der Waals surface area contributed by atoms with Gasteiger partial charge in [-0.15, -0.1) is 0 Å². The third kappa shape index (κ3) is 4.04. The van der Waals surface area contributed by atoms with E-state index in [1.54, 1.807) is 0 Å². The van der Waals surface area contributed by atoms with Crippen molar-refractivity contribution in [2.24, 2.45) is 0 Å². The summed E-state index contributed by atoms with van der Waals surface area (Å²) in [5.74, 6) is 0. The van der Waals surface area contributed by atoms with Gasteiger partial charge in [-0.05, 0) is 121 Å². The predicted molar refractivity (Wildman–Crippen MR) is 237 cm³/mol. The van der Waals surface area contributed by atoms with Crippen LogP contribution in [0.25, 0.3) is 88.2 Å². The lowest BCUT2D eigenvalue weighted by Crippen LogP contribution is -2.26. The first kappa shape index (κ1) is 30.9. The van der Waals surface area contributed by atoms with Crippen molar-refractivity contribution in [3.63, 3.8) is 0 Å². The molecule has 2 aliphatic rings. The third-order valence-corrected chi connectivity index (χ3v) is 13.0. The van der Waals surface area contributed by atoms with Crippen LogP contribution in [0, 0.1) is 0 Å². The van der Waals surface area contributed by atoms with Crippen LogP contribution in [0.5, 0.6) is 0 Å². The number of aromatic nitrogens is 2. The molecule has 2 aromatic heterocycles. The monoisotopic (exact) mass is 722 g/mol. The lowest BCUT2D eigenvalue weighted by atomic mass is 9.70. The minimum atomic E-state index is -0.459. The molecular formula is C55H34N2. The first-order chi connectivity index (χ1) is 28.3. The first-order valence-electron chi connectivity index (χ1n) is 19.8. The summed E-state index contributed by atoms with van der Waals surface area (Å²) in [5.41, 5.74) is 18.6. The Hall–Kier alpha value is -7.42. The first-order valence-corrected chi connectivity index (χ1v) is 19.8. The van der Waals surface area contributed by atoms with Gasteiger partial charge in [0, 0.05) is 33.7 Å². The highest BCUT2D eigenvalue weighted by atomic mass is 15.0. The van der Waals surface area contributed by atoms with Crippen LogP contribution in [0.1, 0.15) is 22.3 Å². The summed E-state index contributed by atoms with van der Waals surface area (Å²) in [6.45, 7) is 0. The van der Waals surface area contributed by atoms with Crippen LogP contribution < -0.4 is 0 Å². The van der Waals surface area contributed by atoms with E-state index < -0.39 is 5.41 Å². The smallest absolute Gasteiger partial charge is 0.0726 e. The van der Waals surface area contributed by atoms with Gasteiger partial charge < -0.3 is 9.13 Å². The number of rotatable bonds is 3. The zero-order valence-corrected chi connectivity index (χ0v) is 31.0. The maximum atomic E-state index is 2.51. The van der Waals surface area contributed by atoms with E-state index in [2.05, 4.69) is 216 Å². The number of benzene rings is 9. The zero-order chi connectivity index (χ0) is 37.2. The SMILES string of the molecule is c1ccc(-n2c3ccc(-c4ccc5c(c4)C4(c6ccccc6-c6ccccc64)c4cc(-n6ccc7ccccc76)ccc4-5)cc3c3ccc4ccccc4c32)cc1. The molecule has 0 aliphatic heterocycles. The van der Waals surface area contributed by atoms with Crippen molar-refractivity contribution in [2.45, 2.75) is 5.41 Å². The Kier molecular flexibility index (Phi) is 6.13. The zero-order valence-electron chi connectivity index (χ0n) is 31.0. The largest absolute Gasteiger partial charge is 0.317 e. The summed E-state index contributed by atoms with van der Waals surface area (Å²) < 4.78 is 4.79. The van der Waals surface area contributed by atoms with Crippen LogP contribution in [0.3, 0.4) is 0 Å². The Balaban J connectivity index is 1.07. The quantitative estimate of drug-likeness (QED) is 0.172. The van der Waals surface area contributed by atoms with E-state index in [-0.39, 0.29) is 0 Å². The van der Waals surface area contributed by atoms with Gasteiger partial charge >= 0.3 is 0 Å². The number of hydrogen-bond donors (Lipinski definition) is 0. The fraction of sp³-hybridized carbons (Fsp3) is 0.0182. The Morgan fingerprint density at radius 2 is 0.965 bits per heavy atom. The second kappa shape index (κ2) is 11.3. The van der Waals surface area contributed by atoms with E-state index in [1.807, 2.05) is 0 Å². The molecule has 0 bridgehead atoms. The van der Waals surface area contributed by atoms with E-state index in [0.29, 0.717) is 0 Å². The average Bonchev–Trinajstić information content (AvgIpc) is 4.02. The lowest BCUT2D eigenvalue weighted by molar-refractivity contribution is 0.792. The van der Waals surface area contributed by atoms with Gasteiger partial charge in [0.15, 0.2) is 0 Å². The molecule has 11 aromatic rings. The number of nitrogens with zero attached hydrogens (tertiary/aromatic N) is 2. The van der Waals surface area contributed by atoms with Crippen LogP contribution in [0.2, 0.25) is 0 Å². The van der Waals surface area contributed by atoms with Crippen LogP contribution in [-0.2, 0) is 5.41 Å². The standard InChI is InChI=1S/C55H34N2/c1-2-14-39(15-3-1)57-53-29-24-37(32-47(53)46-27-22-35-12-4-6-16-41(35)54(46)57)38-23-26-44-45-28-25-40(56-31-30-36-13-5-11-21-52(36)56)34-51(45)55(50(44)33-38)48-19-9-7-17-42(48)43-18-8-10-20-49(43)55/h1-34H. The van der Waals surface area contributed by atoms with E-state index in [0.717, 1.165) is 0 Å². The topological polar surface area (TPSA) is 9.86 Å². The highest BCUT2D eigenvalue weighted by Gasteiger charge is 2.51. The van der Waals surface area contributed by atoms with Gasteiger partial charge in [-0.25, -0.2) is 0 Å². The summed E-state index contributed by atoms with van der Waals surface area (Å²) in [4.78, 5) is 0. The molecule has 0 radical (unpaired) electrons. The van der Waals surface area contributed by atoms with Gasteiger partial charge in [0.1, 0.15) is 0 Å². The van der Waals surface area contributed by atoms with E-state index in [4.69, 9.17) is 0 Å². The lowest BCUT2D eigenvalue weighted by Gasteiger charge is -2.31. The van der Waals surface area contributed by atoms with Crippen LogP contribution >= 0.6 is 0 Å². The molecule has 0 amide bonds. The molecule has 9 aromatic carbocycles. The van der Waals surface area contributed by atoms with Crippen LogP contribution in [-0.4, -0.2) is 9.13 Å². The third-order valence-electron chi connectivity index (χ3n) is 13.0. The minimum Gasteiger partial charge on any atom is -0.317 e. The van der Waals surface area contributed by atoms with Crippen molar-refractivity contribution >= 4 is 43.5 Å². The maximum absolute atomic E-state index is 2.51. The molecule has 0 fully saturated rings. The molecular weight excluding hydrogens is 689 g/mol. The fourth-order valence-corrected chi connectivity index (χ4v) is 10.6. The Labute approximate surface area is 330 Å².